The molecule has 0 heterocycles. The molecule has 0 bridgehead atoms. The van der Waals surface area contributed by atoms with Gasteiger partial charge in [-0.25, -0.2) is 13.1 Å². The van der Waals surface area contributed by atoms with Gasteiger partial charge in [0.25, 0.3) is 0 Å². The van der Waals surface area contributed by atoms with Gasteiger partial charge in [0.2, 0.25) is 10.0 Å². The first-order valence-electron chi connectivity index (χ1n) is 6.56. The highest BCUT2D eigenvalue weighted by Gasteiger charge is 2.29. The van der Waals surface area contributed by atoms with Gasteiger partial charge in [0.05, 0.1) is 12.0 Å². The summed E-state index contributed by atoms with van der Waals surface area (Å²) in [4.78, 5) is 0.365. The largest absolute Gasteiger partial charge is 0.496 e. The topological polar surface area (TPSA) is 55.4 Å². The first-order chi connectivity index (χ1) is 8.85. The molecular formula is C14H21NO3S. The monoisotopic (exact) mass is 283 g/mol. The normalized spacial score (nSPS) is 15.8. The fourth-order valence-electron chi connectivity index (χ4n) is 2.08. The average Bonchev–Trinajstić information content (AvgIpc) is 3.10. The number of rotatable bonds is 5. The molecule has 2 rings (SSSR count). The summed E-state index contributed by atoms with van der Waals surface area (Å²) in [5.74, 6) is 0.961. The molecule has 1 N–H and O–H groups in total. The number of aryl methyl sites for hydroxylation is 1. The van der Waals surface area contributed by atoms with E-state index in [1.54, 1.807) is 26.2 Å². The van der Waals surface area contributed by atoms with E-state index in [1.807, 2.05) is 13.8 Å². The van der Waals surface area contributed by atoms with E-state index in [-0.39, 0.29) is 12.0 Å². The van der Waals surface area contributed by atoms with Crippen molar-refractivity contribution in [3.05, 3.63) is 23.3 Å². The quantitative estimate of drug-likeness (QED) is 0.903. The van der Waals surface area contributed by atoms with E-state index in [0.29, 0.717) is 4.90 Å². The number of methoxy groups -OCH3 is 1. The highest BCUT2D eigenvalue weighted by molar-refractivity contribution is 7.89. The van der Waals surface area contributed by atoms with Crippen LogP contribution in [0.25, 0.3) is 0 Å². The third-order valence-electron chi connectivity index (χ3n) is 3.34. The van der Waals surface area contributed by atoms with Crippen LogP contribution in [0.4, 0.5) is 0 Å². The standard InChI is InChI=1S/C14H21NO3S/c1-9(2)12-8-14(10(3)7-13(12)18-4)19(16,17)15-11-5-6-11/h7-9,11,15H,5-6H2,1-4H3. The van der Waals surface area contributed by atoms with Gasteiger partial charge in [-0.3, -0.25) is 0 Å². The van der Waals surface area contributed by atoms with Gasteiger partial charge in [-0.15, -0.1) is 0 Å². The summed E-state index contributed by atoms with van der Waals surface area (Å²) in [7, 11) is -1.81. The lowest BCUT2D eigenvalue weighted by atomic mass is 10.0. The zero-order valence-electron chi connectivity index (χ0n) is 11.9. The smallest absolute Gasteiger partial charge is 0.241 e. The van der Waals surface area contributed by atoms with E-state index >= 15 is 0 Å². The zero-order valence-corrected chi connectivity index (χ0v) is 12.7. The van der Waals surface area contributed by atoms with Crippen molar-refractivity contribution in [3.63, 3.8) is 0 Å². The lowest BCUT2D eigenvalue weighted by molar-refractivity contribution is 0.406. The van der Waals surface area contributed by atoms with Crippen LogP contribution in [0.15, 0.2) is 17.0 Å². The van der Waals surface area contributed by atoms with E-state index in [9.17, 15) is 8.42 Å². The minimum Gasteiger partial charge on any atom is -0.496 e. The van der Waals surface area contributed by atoms with Crippen LogP contribution in [-0.4, -0.2) is 21.6 Å². The fraction of sp³-hybridized carbons (Fsp3) is 0.571. The predicted molar refractivity (Wildman–Crippen MR) is 75.2 cm³/mol. The Morgan fingerprint density at radius 2 is 1.95 bits per heavy atom. The molecule has 4 nitrogen and oxygen atoms in total. The van der Waals surface area contributed by atoms with Crippen LogP contribution >= 0.6 is 0 Å². The molecule has 0 amide bonds. The zero-order chi connectivity index (χ0) is 14.2. The summed E-state index contributed by atoms with van der Waals surface area (Å²) in [6.45, 7) is 5.85. The summed E-state index contributed by atoms with van der Waals surface area (Å²) in [6.07, 6.45) is 1.87. The number of sulfonamides is 1. The van der Waals surface area contributed by atoms with E-state index < -0.39 is 10.0 Å². The first-order valence-corrected chi connectivity index (χ1v) is 8.04. The van der Waals surface area contributed by atoms with Gasteiger partial charge in [-0.2, -0.15) is 0 Å². The molecule has 1 aliphatic carbocycles. The van der Waals surface area contributed by atoms with Crippen LogP contribution in [0, 0.1) is 6.92 Å². The maximum atomic E-state index is 12.3. The fourth-order valence-corrected chi connectivity index (χ4v) is 3.65. The number of nitrogens with one attached hydrogen (secondary N) is 1. The first kappa shape index (κ1) is 14.3. The molecule has 1 aliphatic rings. The van der Waals surface area contributed by atoms with Crippen LogP contribution in [0.1, 0.15) is 43.7 Å². The van der Waals surface area contributed by atoms with Crippen LogP contribution in [0.5, 0.6) is 5.75 Å². The number of hydrogen-bond acceptors (Lipinski definition) is 3. The highest BCUT2D eigenvalue weighted by atomic mass is 32.2. The lowest BCUT2D eigenvalue weighted by Crippen LogP contribution is -2.26. The Labute approximate surface area is 115 Å². The van der Waals surface area contributed by atoms with Crippen molar-refractivity contribution in [3.8, 4) is 5.75 Å². The highest BCUT2D eigenvalue weighted by Crippen LogP contribution is 2.32. The molecule has 1 aromatic rings. The van der Waals surface area contributed by atoms with E-state index in [2.05, 4.69) is 4.72 Å². The third kappa shape index (κ3) is 3.09. The van der Waals surface area contributed by atoms with Gasteiger partial charge < -0.3 is 4.74 Å². The van der Waals surface area contributed by atoms with E-state index in [1.165, 1.54) is 0 Å². The van der Waals surface area contributed by atoms with Crippen molar-refractivity contribution in [2.24, 2.45) is 0 Å². The molecular weight excluding hydrogens is 262 g/mol. The van der Waals surface area contributed by atoms with Crippen molar-refractivity contribution in [2.45, 2.75) is 50.5 Å². The Morgan fingerprint density at radius 1 is 1.32 bits per heavy atom. The van der Waals surface area contributed by atoms with Gasteiger partial charge in [-0.1, -0.05) is 13.8 Å². The number of hydrogen-bond donors (Lipinski definition) is 1. The Balaban J connectivity index is 2.47. The molecule has 5 heteroatoms. The molecule has 1 aromatic carbocycles. The minimum atomic E-state index is -3.41. The molecule has 106 valence electrons. The molecule has 19 heavy (non-hydrogen) atoms. The predicted octanol–water partition coefficient (Wildman–Crippen LogP) is 2.57. The maximum Gasteiger partial charge on any atom is 0.241 e. The summed E-state index contributed by atoms with van der Waals surface area (Å²) in [5.41, 5.74) is 1.64. The van der Waals surface area contributed by atoms with E-state index in [4.69, 9.17) is 4.74 Å². The van der Waals surface area contributed by atoms with Gasteiger partial charge in [0.15, 0.2) is 0 Å². The second-order valence-corrected chi connectivity index (χ2v) is 7.09. The molecule has 0 spiro atoms. The van der Waals surface area contributed by atoms with Gasteiger partial charge in [0.1, 0.15) is 5.75 Å². The number of benzene rings is 1. The Bertz CT molecular complexity index is 575. The SMILES string of the molecule is COc1cc(C)c(S(=O)(=O)NC2CC2)cc1C(C)C. The van der Waals surface area contributed by atoms with Crippen molar-refractivity contribution in [2.75, 3.05) is 7.11 Å². The van der Waals surface area contributed by atoms with Gasteiger partial charge in [-0.05, 0) is 48.9 Å². The summed E-state index contributed by atoms with van der Waals surface area (Å²) < 4.78 is 32.7. The van der Waals surface area contributed by atoms with Crippen LogP contribution in [-0.2, 0) is 10.0 Å². The maximum absolute atomic E-state index is 12.3. The summed E-state index contributed by atoms with van der Waals surface area (Å²) >= 11 is 0. The van der Waals surface area contributed by atoms with Crippen molar-refractivity contribution in [1.82, 2.24) is 4.72 Å². The summed E-state index contributed by atoms with van der Waals surface area (Å²) in [5, 5.41) is 0. The Morgan fingerprint density at radius 3 is 2.42 bits per heavy atom. The van der Waals surface area contributed by atoms with Crippen LogP contribution < -0.4 is 9.46 Å². The van der Waals surface area contributed by atoms with Crippen LogP contribution in [0.3, 0.4) is 0 Å². The molecule has 0 atom stereocenters. The Kier molecular flexibility index (Phi) is 3.87. The van der Waals surface area contributed by atoms with Crippen LogP contribution in [0.2, 0.25) is 0 Å². The molecule has 0 saturated heterocycles. The van der Waals surface area contributed by atoms with Gasteiger partial charge in [0, 0.05) is 6.04 Å². The molecule has 0 aliphatic heterocycles. The minimum absolute atomic E-state index is 0.119. The third-order valence-corrected chi connectivity index (χ3v) is 5.00. The van der Waals surface area contributed by atoms with Crippen molar-refractivity contribution >= 4 is 10.0 Å². The second kappa shape index (κ2) is 5.13. The lowest BCUT2D eigenvalue weighted by Gasteiger charge is -2.16. The molecule has 0 aromatic heterocycles. The van der Waals surface area contributed by atoms with Gasteiger partial charge >= 0.3 is 0 Å². The Hall–Kier alpha value is -1.07. The molecule has 0 unspecified atom stereocenters. The average molecular weight is 283 g/mol. The van der Waals surface area contributed by atoms with E-state index in [0.717, 1.165) is 29.7 Å². The van der Waals surface area contributed by atoms with Crippen molar-refractivity contribution in [1.29, 1.82) is 0 Å². The summed E-state index contributed by atoms with van der Waals surface area (Å²) in [6, 6.07) is 3.66. The number of ether oxygens (including phenoxy) is 1. The molecule has 0 radical (unpaired) electrons. The second-order valence-electron chi connectivity index (χ2n) is 5.41. The van der Waals surface area contributed by atoms with Crippen molar-refractivity contribution < 1.29 is 13.2 Å². The molecule has 1 saturated carbocycles. The molecule has 1 fully saturated rings.